The molecule has 2 heterocycles. The highest BCUT2D eigenvalue weighted by Crippen LogP contribution is 2.40. The van der Waals surface area contributed by atoms with Crippen LogP contribution in [0.4, 0.5) is 0 Å². The molecule has 34 heavy (non-hydrogen) atoms. The molecular formula is C26H36BrN3O4. The number of pyridine rings is 1. The first kappa shape index (κ1) is 27.6. The van der Waals surface area contributed by atoms with Crippen LogP contribution in [-0.4, -0.2) is 46.9 Å². The highest BCUT2D eigenvalue weighted by Gasteiger charge is 2.32. The number of halogens is 1. The van der Waals surface area contributed by atoms with E-state index in [4.69, 9.17) is 14.9 Å². The van der Waals surface area contributed by atoms with E-state index in [-0.39, 0.29) is 51.7 Å². The molecule has 0 aliphatic carbocycles. The molecule has 0 saturated carbocycles. The summed E-state index contributed by atoms with van der Waals surface area (Å²) in [6, 6.07) is 5.40. The number of rotatable bonds is 6. The molecule has 1 aliphatic heterocycles. The van der Waals surface area contributed by atoms with E-state index >= 15 is 0 Å². The zero-order chi connectivity index (χ0) is 24.7. The Balaban J connectivity index is 0.00000408. The minimum atomic E-state index is -0.326. The number of ketones is 1. The topological polar surface area (TPSA) is 95.7 Å². The second-order valence-corrected chi connectivity index (χ2v) is 10.5. The van der Waals surface area contributed by atoms with Crippen LogP contribution in [0.25, 0.3) is 0 Å². The van der Waals surface area contributed by atoms with Crippen LogP contribution in [0, 0.1) is 5.41 Å². The second kappa shape index (κ2) is 9.94. The molecule has 8 heteroatoms. The van der Waals surface area contributed by atoms with Crippen LogP contribution in [0.3, 0.4) is 0 Å². The molecule has 0 bridgehead atoms. The predicted octanol–water partition coefficient (Wildman–Crippen LogP) is 5.39. The lowest BCUT2D eigenvalue weighted by atomic mass is 9.78. The fourth-order valence-electron chi connectivity index (χ4n) is 4.02. The first-order chi connectivity index (χ1) is 15.3. The van der Waals surface area contributed by atoms with Crippen molar-refractivity contribution < 1.29 is 19.4 Å². The molecule has 0 unspecified atom stereocenters. The normalized spacial score (nSPS) is 13.4. The van der Waals surface area contributed by atoms with Crippen LogP contribution in [0.5, 0.6) is 17.4 Å². The molecule has 186 valence electrons. The molecule has 0 amide bonds. The van der Waals surface area contributed by atoms with Gasteiger partial charge in [0.25, 0.3) is 5.88 Å². The van der Waals surface area contributed by atoms with Gasteiger partial charge in [0.15, 0.2) is 11.5 Å². The number of methoxy groups -OCH3 is 1. The Morgan fingerprint density at radius 1 is 1.12 bits per heavy atom. The molecule has 3 rings (SSSR count). The Hall–Kier alpha value is -2.61. The quantitative estimate of drug-likeness (QED) is 0.483. The second-order valence-electron chi connectivity index (χ2n) is 10.5. The number of amidine groups is 1. The van der Waals surface area contributed by atoms with Crippen molar-refractivity contribution in [3.05, 3.63) is 46.1 Å². The minimum Gasteiger partial charge on any atom is -0.507 e. The van der Waals surface area contributed by atoms with Gasteiger partial charge < -0.3 is 19.5 Å². The summed E-state index contributed by atoms with van der Waals surface area (Å²) in [4.78, 5) is 19.5. The van der Waals surface area contributed by atoms with Gasteiger partial charge >= 0.3 is 0 Å². The number of aromatic hydroxyl groups is 1. The maximum absolute atomic E-state index is 13.4. The van der Waals surface area contributed by atoms with Gasteiger partial charge in [-0.25, -0.2) is 4.98 Å². The zero-order valence-corrected chi connectivity index (χ0v) is 23.0. The van der Waals surface area contributed by atoms with Gasteiger partial charge in [-0.2, -0.15) is 0 Å². The molecule has 0 saturated heterocycles. The number of Topliss-reactive ketones (excluding diaryl/α,β-unsaturated/α-hetero) is 1. The van der Waals surface area contributed by atoms with Crippen molar-refractivity contribution in [3.63, 3.8) is 0 Å². The first-order valence-electron chi connectivity index (χ1n) is 11.2. The molecule has 2 aromatic rings. The fourth-order valence-corrected chi connectivity index (χ4v) is 4.02. The molecule has 0 radical (unpaired) electrons. The summed E-state index contributed by atoms with van der Waals surface area (Å²) < 4.78 is 10.9. The van der Waals surface area contributed by atoms with Crippen molar-refractivity contribution >= 4 is 28.6 Å². The summed E-state index contributed by atoms with van der Waals surface area (Å²) in [6.45, 7) is 14.9. The van der Waals surface area contributed by atoms with Crippen molar-refractivity contribution in [1.82, 2.24) is 9.88 Å². The minimum absolute atomic E-state index is 0. The largest absolute Gasteiger partial charge is 0.507 e. The summed E-state index contributed by atoms with van der Waals surface area (Å²) in [5.74, 6) is 1.18. The number of hydrogen-bond acceptors (Lipinski definition) is 6. The van der Waals surface area contributed by atoms with Gasteiger partial charge in [-0.1, -0.05) is 41.5 Å². The van der Waals surface area contributed by atoms with E-state index in [1.54, 1.807) is 17.0 Å². The molecule has 0 atom stereocenters. The van der Waals surface area contributed by atoms with E-state index in [0.717, 1.165) is 16.7 Å². The summed E-state index contributed by atoms with van der Waals surface area (Å²) in [7, 11) is 1.52. The van der Waals surface area contributed by atoms with Gasteiger partial charge in [-0.3, -0.25) is 10.2 Å². The molecule has 1 aromatic carbocycles. The Kier molecular flexibility index (Phi) is 8.08. The molecule has 0 spiro atoms. The lowest BCUT2D eigenvalue weighted by Crippen LogP contribution is -2.31. The Morgan fingerprint density at radius 3 is 2.15 bits per heavy atom. The zero-order valence-electron chi connectivity index (χ0n) is 21.3. The number of carbonyl (C=O) groups is 1. The van der Waals surface area contributed by atoms with Crippen molar-refractivity contribution in [3.8, 4) is 17.4 Å². The van der Waals surface area contributed by atoms with Crippen LogP contribution in [0.15, 0.2) is 18.2 Å². The number of benzene rings is 1. The van der Waals surface area contributed by atoms with Crippen LogP contribution in [0.1, 0.15) is 81.2 Å². The number of aromatic nitrogens is 1. The lowest BCUT2D eigenvalue weighted by Gasteiger charge is -2.28. The van der Waals surface area contributed by atoms with Crippen LogP contribution < -0.4 is 9.47 Å². The number of nitrogens with one attached hydrogen (secondary N) is 1. The van der Waals surface area contributed by atoms with Gasteiger partial charge in [0.05, 0.1) is 20.3 Å². The number of nitrogens with zero attached hydrogens (tertiary/aromatic N) is 2. The number of phenols is 1. The number of carbonyl (C=O) groups excluding carboxylic acids is 1. The Bertz CT molecular complexity index is 1070. The SMILES string of the molecule is Br.CCOc1cc2c(nc1OC)C(=N)N(CC(=O)c1cc(C(C)(C)C)c(O)c(C(C)(C)C)c1)C2. The van der Waals surface area contributed by atoms with E-state index in [0.29, 0.717) is 36.0 Å². The van der Waals surface area contributed by atoms with Crippen molar-refractivity contribution in [2.24, 2.45) is 0 Å². The summed E-state index contributed by atoms with van der Waals surface area (Å²) in [5.41, 5.74) is 2.69. The molecular weight excluding hydrogens is 498 g/mol. The average molecular weight is 534 g/mol. The van der Waals surface area contributed by atoms with Gasteiger partial charge in [0.2, 0.25) is 0 Å². The van der Waals surface area contributed by atoms with Crippen molar-refractivity contribution in [1.29, 1.82) is 5.41 Å². The van der Waals surface area contributed by atoms with Crippen molar-refractivity contribution in [2.75, 3.05) is 20.3 Å². The highest BCUT2D eigenvalue weighted by molar-refractivity contribution is 8.93. The Morgan fingerprint density at radius 2 is 1.68 bits per heavy atom. The maximum Gasteiger partial charge on any atom is 0.257 e. The van der Waals surface area contributed by atoms with Crippen LogP contribution in [-0.2, 0) is 17.4 Å². The van der Waals surface area contributed by atoms with Crippen LogP contribution in [0.2, 0.25) is 0 Å². The smallest absolute Gasteiger partial charge is 0.257 e. The maximum atomic E-state index is 13.4. The standard InChI is InChI=1S/C26H35N3O4.BrH/c1-9-33-20-12-16-13-29(23(27)21(16)28-24(20)32-8)14-19(30)15-10-17(25(2,3)4)22(31)18(11-15)26(5,6)7;/h10-12,27,31H,9,13-14H2,1-8H3;1H. The van der Waals surface area contributed by atoms with Gasteiger partial charge in [-0.15, -0.1) is 17.0 Å². The Labute approximate surface area is 212 Å². The van der Waals surface area contributed by atoms with Crippen LogP contribution >= 0.6 is 17.0 Å². The number of hydrogen-bond donors (Lipinski definition) is 2. The highest BCUT2D eigenvalue weighted by atomic mass is 79.9. The third-order valence-electron chi connectivity index (χ3n) is 5.81. The van der Waals surface area contributed by atoms with E-state index in [1.165, 1.54) is 7.11 Å². The number of phenolic OH excluding ortho intramolecular Hbond substituents is 1. The summed E-state index contributed by atoms with van der Waals surface area (Å²) in [6.07, 6.45) is 0. The monoisotopic (exact) mass is 533 g/mol. The van der Waals surface area contributed by atoms with Gasteiger partial charge in [0.1, 0.15) is 17.3 Å². The van der Waals surface area contributed by atoms with E-state index < -0.39 is 0 Å². The predicted molar refractivity (Wildman–Crippen MR) is 139 cm³/mol. The van der Waals surface area contributed by atoms with Crippen molar-refractivity contribution in [2.45, 2.75) is 65.8 Å². The van der Waals surface area contributed by atoms with Gasteiger partial charge in [-0.05, 0) is 36.0 Å². The third-order valence-corrected chi connectivity index (χ3v) is 5.81. The van der Waals surface area contributed by atoms with E-state index in [2.05, 4.69) is 4.98 Å². The lowest BCUT2D eigenvalue weighted by molar-refractivity contribution is 0.0962. The molecule has 2 N–H and O–H groups in total. The molecule has 7 nitrogen and oxygen atoms in total. The van der Waals surface area contributed by atoms with E-state index in [1.807, 2.05) is 54.5 Å². The molecule has 1 aromatic heterocycles. The summed E-state index contributed by atoms with van der Waals surface area (Å²) >= 11 is 0. The number of fused-ring (bicyclic) bond motifs is 1. The first-order valence-corrected chi connectivity index (χ1v) is 11.2. The summed E-state index contributed by atoms with van der Waals surface area (Å²) in [5, 5.41) is 19.5. The van der Waals surface area contributed by atoms with Gasteiger partial charge in [0, 0.05) is 28.8 Å². The average Bonchev–Trinajstić information content (AvgIpc) is 3.00. The fraction of sp³-hybridized carbons (Fsp3) is 0.500. The number of ether oxygens (including phenoxy) is 2. The third kappa shape index (κ3) is 5.37. The molecule has 0 fully saturated rings. The molecule has 1 aliphatic rings. The van der Waals surface area contributed by atoms with E-state index in [9.17, 15) is 9.90 Å².